The third-order valence-electron chi connectivity index (χ3n) is 3.51. The highest BCUT2D eigenvalue weighted by Gasteiger charge is 2.35. The smallest absolute Gasteiger partial charge is 0.244 e. The molecule has 2 heterocycles. The number of benzene rings is 1. The quantitative estimate of drug-likeness (QED) is 0.906. The summed E-state index contributed by atoms with van der Waals surface area (Å²) in [5.74, 6) is 0.0591. The van der Waals surface area contributed by atoms with Gasteiger partial charge in [-0.3, -0.25) is 5.10 Å². The fourth-order valence-corrected chi connectivity index (χ4v) is 2.68. The molecule has 1 aliphatic rings. The van der Waals surface area contributed by atoms with Crippen molar-refractivity contribution in [2.75, 3.05) is 7.11 Å². The first-order valence-corrected chi connectivity index (χ1v) is 6.92. The van der Waals surface area contributed by atoms with Crippen molar-refractivity contribution < 1.29 is 9.47 Å². The number of ether oxygens (including phenoxy) is 2. The monoisotopic (exact) mass is 316 g/mol. The van der Waals surface area contributed by atoms with Crippen molar-refractivity contribution in [1.82, 2.24) is 10.2 Å². The van der Waals surface area contributed by atoms with E-state index in [0.717, 1.165) is 16.8 Å². The molecule has 0 bridgehead atoms. The Morgan fingerprint density at radius 2 is 2.18 bits per heavy atom. The van der Waals surface area contributed by atoms with E-state index < -0.39 is 0 Å². The number of rotatable bonds is 3. The number of allylic oxidation sites excluding steroid dienone is 1. The van der Waals surface area contributed by atoms with Crippen LogP contribution in [-0.2, 0) is 11.3 Å². The molecule has 0 amide bonds. The second-order valence-electron chi connectivity index (χ2n) is 4.83. The highest BCUT2D eigenvalue weighted by atomic mass is 35.5. The van der Waals surface area contributed by atoms with Gasteiger partial charge in [-0.05, 0) is 17.7 Å². The van der Waals surface area contributed by atoms with E-state index in [9.17, 15) is 5.26 Å². The number of methoxy groups -OCH3 is 1. The van der Waals surface area contributed by atoms with Gasteiger partial charge in [0, 0.05) is 12.1 Å². The Morgan fingerprint density at radius 3 is 2.82 bits per heavy atom. The topological polar surface area (TPSA) is 97.0 Å². The van der Waals surface area contributed by atoms with Crippen LogP contribution in [-0.4, -0.2) is 17.3 Å². The number of nitrogens with two attached hydrogens (primary N) is 1. The maximum Gasteiger partial charge on any atom is 0.244 e. The molecule has 22 heavy (non-hydrogen) atoms. The number of fused-ring (bicyclic) bond motifs is 1. The minimum absolute atomic E-state index is 0.0606. The molecule has 1 aromatic carbocycles. The molecule has 6 nitrogen and oxygen atoms in total. The SMILES string of the molecule is COCc1[nH]nc2c1C(c1ccc(Cl)cc1)C(C#N)=C(N)O2. The van der Waals surface area contributed by atoms with Crippen LogP contribution in [0.1, 0.15) is 22.7 Å². The molecular weight excluding hydrogens is 304 g/mol. The third kappa shape index (κ3) is 2.30. The van der Waals surface area contributed by atoms with Crippen molar-refractivity contribution >= 4 is 11.6 Å². The van der Waals surface area contributed by atoms with Crippen LogP contribution in [0.15, 0.2) is 35.7 Å². The van der Waals surface area contributed by atoms with E-state index in [1.807, 2.05) is 12.1 Å². The summed E-state index contributed by atoms with van der Waals surface area (Å²) in [5, 5.41) is 17.1. The van der Waals surface area contributed by atoms with Crippen molar-refractivity contribution in [3.8, 4) is 11.9 Å². The van der Waals surface area contributed by atoms with Crippen molar-refractivity contribution in [3.05, 3.63) is 57.6 Å². The molecule has 0 spiro atoms. The molecule has 0 aliphatic carbocycles. The second kappa shape index (κ2) is 5.72. The van der Waals surface area contributed by atoms with E-state index in [4.69, 9.17) is 26.8 Å². The lowest BCUT2D eigenvalue weighted by molar-refractivity contribution is 0.180. The van der Waals surface area contributed by atoms with E-state index >= 15 is 0 Å². The number of H-pyrrole nitrogens is 1. The zero-order chi connectivity index (χ0) is 15.7. The van der Waals surface area contributed by atoms with Crippen LogP contribution >= 0.6 is 11.6 Å². The highest BCUT2D eigenvalue weighted by Crippen LogP contribution is 2.42. The standard InChI is InChI=1S/C15H13ClN4O2/c1-21-7-11-13-12(8-2-4-9(16)5-3-8)10(6-17)14(18)22-15(13)20-19-11/h2-5,12H,7,18H2,1H3,(H,19,20). The molecule has 0 radical (unpaired) electrons. The molecule has 3 rings (SSSR count). The molecule has 7 heteroatoms. The fraction of sp³-hybridized carbons (Fsp3) is 0.200. The predicted molar refractivity (Wildman–Crippen MR) is 80.1 cm³/mol. The number of nitriles is 1. The highest BCUT2D eigenvalue weighted by molar-refractivity contribution is 6.30. The first-order valence-electron chi connectivity index (χ1n) is 6.54. The van der Waals surface area contributed by atoms with Crippen molar-refractivity contribution in [1.29, 1.82) is 5.26 Å². The van der Waals surface area contributed by atoms with Gasteiger partial charge < -0.3 is 15.2 Å². The summed E-state index contributed by atoms with van der Waals surface area (Å²) < 4.78 is 10.6. The molecule has 0 saturated heterocycles. The Morgan fingerprint density at radius 1 is 1.45 bits per heavy atom. The average molecular weight is 317 g/mol. The maximum absolute atomic E-state index is 9.48. The van der Waals surface area contributed by atoms with Gasteiger partial charge in [0.15, 0.2) is 0 Å². The van der Waals surface area contributed by atoms with Crippen LogP contribution in [0.4, 0.5) is 0 Å². The zero-order valence-electron chi connectivity index (χ0n) is 11.8. The van der Waals surface area contributed by atoms with E-state index in [0.29, 0.717) is 23.1 Å². The largest absolute Gasteiger partial charge is 0.420 e. The normalized spacial score (nSPS) is 16.9. The molecule has 1 atom stereocenters. The summed E-state index contributed by atoms with van der Waals surface area (Å²) in [4.78, 5) is 0. The fourth-order valence-electron chi connectivity index (χ4n) is 2.55. The molecule has 3 N–H and O–H groups in total. The number of hydrogen-bond acceptors (Lipinski definition) is 5. The van der Waals surface area contributed by atoms with Crippen LogP contribution < -0.4 is 10.5 Å². The molecule has 2 aromatic rings. The van der Waals surface area contributed by atoms with Crippen LogP contribution in [0.2, 0.25) is 5.02 Å². The summed E-state index contributed by atoms with van der Waals surface area (Å²) in [6.07, 6.45) is 0. The number of aromatic nitrogens is 2. The molecular formula is C15H13ClN4O2. The molecule has 112 valence electrons. The van der Waals surface area contributed by atoms with Gasteiger partial charge in [0.1, 0.15) is 11.6 Å². The molecule has 0 saturated carbocycles. The Bertz CT molecular complexity index is 774. The average Bonchev–Trinajstić information content (AvgIpc) is 2.90. The van der Waals surface area contributed by atoms with Gasteiger partial charge in [0.05, 0.1) is 23.8 Å². The first kappa shape index (κ1) is 14.4. The summed E-state index contributed by atoms with van der Waals surface area (Å²) in [5.41, 5.74) is 8.60. The van der Waals surface area contributed by atoms with Gasteiger partial charge in [-0.25, -0.2) is 0 Å². The lowest BCUT2D eigenvalue weighted by Crippen LogP contribution is -2.21. The number of halogens is 1. The minimum atomic E-state index is -0.366. The van der Waals surface area contributed by atoms with Gasteiger partial charge in [0.25, 0.3) is 0 Å². The number of nitrogens with one attached hydrogen (secondary N) is 1. The Labute approximate surface area is 132 Å². The van der Waals surface area contributed by atoms with Crippen LogP contribution in [0, 0.1) is 11.3 Å². The Balaban J connectivity index is 2.19. The van der Waals surface area contributed by atoms with Gasteiger partial charge in [-0.15, -0.1) is 5.10 Å². The number of nitrogens with zero attached hydrogens (tertiary/aromatic N) is 2. The van der Waals surface area contributed by atoms with Crippen molar-refractivity contribution in [2.45, 2.75) is 12.5 Å². The Kier molecular flexibility index (Phi) is 3.75. The van der Waals surface area contributed by atoms with Crippen LogP contribution in [0.5, 0.6) is 5.88 Å². The van der Waals surface area contributed by atoms with Crippen LogP contribution in [0.3, 0.4) is 0 Å². The van der Waals surface area contributed by atoms with E-state index in [1.165, 1.54) is 0 Å². The van der Waals surface area contributed by atoms with E-state index in [1.54, 1.807) is 19.2 Å². The number of aromatic amines is 1. The summed E-state index contributed by atoms with van der Waals surface area (Å²) in [6, 6.07) is 9.39. The third-order valence-corrected chi connectivity index (χ3v) is 3.76. The van der Waals surface area contributed by atoms with Gasteiger partial charge in [-0.2, -0.15) is 5.26 Å². The molecule has 1 unspecified atom stereocenters. The maximum atomic E-state index is 9.48. The van der Waals surface area contributed by atoms with Gasteiger partial charge in [-0.1, -0.05) is 23.7 Å². The zero-order valence-corrected chi connectivity index (χ0v) is 12.5. The van der Waals surface area contributed by atoms with E-state index in [2.05, 4.69) is 16.3 Å². The summed E-state index contributed by atoms with van der Waals surface area (Å²) in [7, 11) is 1.59. The molecule has 1 aliphatic heterocycles. The van der Waals surface area contributed by atoms with Gasteiger partial charge in [0.2, 0.25) is 11.8 Å². The second-order valence-corrected chi connectivity index (χ2v) is 5.27. The first-order chi connectivity index (χ1) is 10.7. The summed E-state index contributed by atoms with van der Waals surface area (Å²) in [6.45, 7) is 0.328. The number of hydrogen-bond donors (Lipinski definition) is 2. The lowest BCUT2D eigenvalue weighted by Gasteiger charge is -2.24. The Hall–Kier alpha value is -2.49. The van der Waals surface area contributed by atoms with Gasteiger partial charge >= 0.3 is 0 Å². The molecule has 1 aromatic heterocycles. The van der Waals surface area contributed by atoms with Crippen molar-refractivity contribution in [2.24, 2.45) is 5.73 Å². The predicted octanol–water partition coefficient (Wildman–Crippen LogP) is 2.43. The summed E-state index contributed by atoms with van der Waals surface area (Å²) >= 11 is 5.94. The minimum Gasteiger partial charge on any atom is -0.420 e. The van der Waals surface area contributed by atoms with Crippen LogP contribution in [0.25, 0.3) is 0 Å². The van der Waals surface area contributed by atoms with Crippen molar-refractivity contribution in [3.63, 3.8) is 0 Å². The lowest BCUT2D eigenvalue weighted by atomic mass is 9.84. The van der Waals surface area contributed by atoms with E-state index in [-0.39, 0.29) is 11.8 Å². The molecule has 0 fully saturated rings.